The van der Waals surface area contributed by atoms with E-state index < -0.39 is 0 Å². The van der Waals surface area contributed by atoms with Gasteiger partial charge in [-0.25, -0.2) is 0 Å². The van der Waals surface area contributed by atoms with Gasteiger partial charge in [-0.05, 0) is 19.9 Å². The van der Waals surface area contributed by atoms with Crippen LogP contribution in [-0.4, -0.2) is 22.9 Å². The summed E-state index contributed by atoms with van der Waals surface area (Å²) in [5.41, 5.74) is 2.02. The Morgan fingerprint density at radius 1 is 1.47 bits per heavy atom. The van der Waals surface area contributed by atoms with Gasteiger partial charge in [-0.2, -0.15) is 5.10 Å². The summed E-state index contributed by atoms with van der Waals surface area (Å²) >= 11 is 6.21. The summed E-state index contributed by atoms with van der Waals surface area (Å²) in [5, 5.41) is 8.43. The fourth-order valence-electron chi connectivity index (χ4n) is 1.78. The molecule has 1 unspecified atom stereocenters. The maximum Gasteiger partial charge on any atom is 0.0847 e. The van der Waals surface area contributed by atoms with Crippen molar-refractivity contribution in [2.75, 3.05) is 7.05 Å². The summed E-state index contributed by atoms with van der Waals surface area (Å²) < 4.78 is 1.88. The third-order valence-corrected chi connectivity index (χ3v) is 3.34. The molecule has 0 spiro atoms. The molecule has 86 valence electrons. The summed E-state index contributed by atoms with van der Waals surface area (Å²) in [6.07, 6.45) is 0.921. The second kappa shape index (κ2) is 4.99. The molecule has 15 heavy (non-hydrogen) atoms. The van der Waals surface area contributed by atoms with Crippen LogP contribution >= 0.6 is 11.6 Å². The fourth-order valence-corrected chi connectivity index (χ4v) is 2.02. The van der Waals surface area contributed by atoms with Crippen LogP contribution in [-0.2, 0) is 13.5 Å². The van der Waals surface area contributed by atoms with E-state index in [2.05, 4.69) is 24.3 Å². The number of nitrogens with zero attached hydrogens (tertiary/aromatic N) is 2. The van der Waals surface area contributed by atoms with Crippen LogP contribution in [0.4, 0.5) is 0 Å². The largest absolute Gasteiger partial charge is 0.316 e. The number of aryl methyl sites for hydroxylation is 2. The predicted molar refractivity (Wildman–Crippen MR) is 64.3 cm³/mol. The molecule has 0 aliphatic heterocycles. The van der Waals surface area contributed by atoms with Crippen molar-refractivity contribution in [3.05, 3.63) is 16.4 Å². The Bertz CT molecular complexity index is 331. The van der Waals surface area contributed by atoms with E-state index in [1.807, 2.05) is 25.7 Å². The summed E-state index contributed by atoms with van der Waals surface area (Å²) in [6.45, 7) is 6.35. The van der Waals surface area contributed by atoms with E-state index in [9.17, 15) is 0 Å². The number of likely N-dealkylation sites (N-methyl/N-ethyl adjacent to an activating group) is 1. The lowest BCUT2D eigenvalue weighted by molar-refractivity contribution is 0.415. The number of aromatic nitrogens is 2. The van der Waals surface area contributed by atoms with Crippen molar-refractivity contribution in [2.24, 2.45) is 13.0 Å². The van der Waals surface area contributed by atoms with Crippen molar-refractivity contribution < 1.29 is 0 Å². The summed E-state index contributed by atoms with van der Waals surface area (Å²) in [5.74, 6) is 0.585. The minimum atomic E-state index is 0.442. The molecule has 4 heteroatoms. The molecule has 0 fully saturated rings. The minimum absolute atomic E-state index is 0.442. The van der Waals surface area contributed by atoms with Gasteiger partial charge in [0.25, 0.3) is 0 Å². The third-order valence-electron chi connectivity index (χ3n) is 2.85. The lowest BCUT2D eigenvalue weighted by Gasteiger charge is -2.20. The van der Waals surface area contributed by atoms with E-state index in [1.165, 1.54) is 0 Å². The smallest absolute Gasteiger partial charge is 0.0847 e. The molecule has 0 aliphatic rings. The molecule has 0 aromatic carbocycles. The number of nitrogens with one attached hydrogen (secondary N) is 1. The Morgan fingerprint density at radius 3 is 2.40 bits per heavy atom. The van der Waals surface area contributed by atoms with Gasteiger partial charge in [0.1, 0.15) is 0 Å². The molecule has 1 aromatic heterocycles. The van der Waals surface area contributed by atoms with E-state index in [-0.39, 0.29) is 0 Å². The summed E-state index contributed by atoms with van der Waals surface area (Å²) in [7, 11) is 3.93. The number of rotatable bonds is 4. The lowest BCUT2D eigenvalue weighted by Crippen LogP contribution is -2.33. The molecule has 0 amide bonds. The van der Waals surface area contributed by atoms with Gasteiger partial charge in [-0.1, -0.05) is 25.4 Å². The standard InChI is InChI=1S/C11H20ClN3/c1-7(2)9(13-4)6-10-11(12)8(3)14-15(10)5/h7,9,13H,6H2,1-5H3. The van der Waals surface area contributed by atoms with Crippen molar-refractivity contribution in [2.45, 2.75) is 33.2 Å². The van der Waals surface area contributed by atoms with Gasteiger partial charge >= 0.3 is 0 Å². The fraction of sp³-hybridized carbons (Fsp3) is 0.727. The second-order valence-electron chi connectivity index (χ2n) is 4.31. The van der Waals surface area contributed by atoms with E-state index in [1.54, 1.807) is 0 Å². The first-order valence-corrected chi connectivity index (χ1v) is 5.70. The van der Waals surface area contributed by atoms with Crippen molar-refractivity contribution in [1.82, 2.24) is 15.1 Å². The molecule has 0 saturated carbocycles. The molecular formula is C11H20ClN3. The van der Waals surface area contributed by atoms with Gasteiger partial charge in [0.2, 0.25) is 0 Å². The molecule has 0 saturated heterocycles. The highest BCUT2D eigenvalue weighted by Crippen LogP contribution is 2.22. The zero-order chi connectivity index (χ0) is 11.6. The molecule has 0 radical (unpaired) electrons. The van der Waals surface area contributed by atoms with E-state index in [0.29, 0.717) is 12.0 Å². The van der Waals surface area contributed by atoms with Gasteiger partial charge < -0.3 is 5.32 Å². The molecular weight excluding hydrogens is 210 g/mol. The van der Waals surface area contributed by atoms with Gasteiger partial charge in [0, 0.05) is 19.5 Å². The lowest BCUT2D eigenvalue weighted by atomic mass is 9.99. The highest BCUT2D eigenvalue weighted by molar-refractivity contribution is 6.31. The van der Waals surface area contributed by atoms with Gasteiger partial charge in [-0.3, -0.25) is 4.68 Å². The van der Waals surface area contributed by atoms with Crippen molar-refractivity contribution in [3.63, 3.8) is 0 Å². The van der Waals surface area contributed by atoms with Crippen LogP contribution in [0.1, 0.15) is 25.2 Å². The normalized spacial score (nSPS) is 13.5. The predicted octanol–water partition coefficient (Wildman–Crippen LogP) is 2.17. The second-order valence-corrected chi connectivity index (χ2v) is 4.69. The topological polar surface area (TPSA) is 29.9 Å². The molecule has 3 nitrogen and oxygen atoms in total. The summed E-state index contributed by atoms with van der Waals surface area (Å²) in [4.78, 5) is 0. The van der Waals surface area contributed by atoms with Crippen molar-refractivity contribution in [1.29, 1.82) is 0 Å². The maximum absolute atomic E-state index is 6.21. The molecule has 1 rings (SSSR count). The molecule has 1 aromatic rings. The van der Waals surface area contributed by atoms with E-state index in [4.69, 9.17) is 11.6 Å². The monoisotopic (exact) mass is 229 g/mol. The molecule has 1 heterocycles. The Balaban J connectivity index is 2.88. The Morgan fingerprint density at radius 2 is 2.07 bits per heavy atom. The molecule has 1 atom stereocenters. The van der Waals surface area contributed by atoms with Gasteiger partial charge in [-0.15, -0.1) is 0 Å². The number of hydrogen-bond acceptors (Lipinski definition) is 2. The highest BCUT2D eigenvalue weighted by Gasteiger charge is 2.17. The first-order chi connectivity index (χ1) is 6.97. The average molecular weight is 230 g/mol. The highest BCUT2D eigenvalue weighted by atomic mass is 35.5. The summed E-state index contributed by atoms with van der Waals surface area (Å²) in [6, 6.07) is 0.442. The van der Waals surface area contributed by atoms with Gasteiger partial charge in [0.15, 0.2) is 0 Å². The first-order valence-electron chi connectivity index (χ1n) is 5.32. The first kappa shape index (κ1) is 12.5. The third kappa shape index (κ3) is 2.73. The van der Waals surface area contributed by atoms with Crippen molar-refractivity contribution >= 4 is 11.6 Å². The van der Waals surface area contributed by atoms with Gasteiger partial charge in [0.05, 0.1) is 16.4 Å². The Hall–Kier alpha value is -0.540. The molecule has 0 bridgehead atoms. The average Bonchev–Trinajstić information content (AvgIpc) is 2.39. The Labute approximate surface area is 96.8 Å². The zero-order valence-electron chi connectivity index (χ0n) is 10.1. The van der Waals surface area contributed by atoms with Crippen LogP contribution in [0.3, 0.4) is 0 Å². The van der Waals surface area contributed by atoms with Crippen LogP contribution in [0.5, 0.6) is 0 Å². The Kier molecular flexibility index (Phi) is 4.17. The van der Waals surface area contributed by atoms with Crippen LogP contribution in [0.15, 0.2) is 0 Å². The molecule has 0 aliphatic carbocycles. The van der Waals surface area contributed by atoms with E-state index >= 15 is 0 Å². The van der Waals surface area contributed by atoms with E-state index in [0.717, 1.165) is 22.8 Å². The van der Waals surface area contributed by atoms with Crippen molar-refractivity contribution in [3.8, 4) is 0 Å². The van der Waals surface area contributed by atoms with Crippen LogP contribution in [0.2, 0.25) is 5.02 Å². The molecule has 1 N–H and O–H groups in total. The maximum atomic E-state index is 6.21. The number of halogens is 1. The van der Waals surface area contributed by atoms with Crippen LogP contribution in [0, 0.1) is 12.8 Å². The van der Waals surface area contributed by atoms with Crippen LogP contribution < -0.4 is 5.32 Å². The zero-order valence-corrected chi connectivity index (χ0v) is 10.9. The minimum Gasteiger partial charge on any atom is -0.316 e. The SMILES string of the molecule is CNC(Cc1c(Cl)c(C)nn1C)C(C)C. The quantitative estimate of drug-likeness (QED) is 0.858. The van der Waals surface area contributed by atoms with Crippen LogP contribution in [0.25, 0.3) is 0 Å². The number of hydrogen-bond donors (Lipinski definition) is 1.